The van der Waals surface area contributed by atoms with Crippen LogP contribution in [0.2, 0.25) is 0 Å². The molecular weight excluding hydrogens is 202 g/mol. The van der Waals surface area contributed by atoms with Gasteiger partial charge in [0.25, 0.3) is 0 Å². The van der Waals surface area contributed by atoms with Crippen LogP contribution in [0.5, 0.6) is 0 Å². The molecule has 0 unspecified atom stereocenters. The summed E-state index contributed by atoms with van der Waals surface area (Å²) in [6.45, 7) is 0.210. The molecule has 0 radical (unpaired) electrons. The third-order valence-corrected chi connectivity index (χ3v) is 1.73. The van der Waals surface area contributed by atoms with Crippen LogP contribution in [0.4, 0.5) is 4.79 Å². The van der Waals surface area contributed by atoms with Crippen molar-refractivity contribution in [2.24, 2.45) is 0 Å². The summed E-state index contributed by atoms with van der Waals surface area (Å²) in [6.07, 6.45) is 0.292. The number of nitrogens with zero attached hydrogens (tertiary/aromatic N) is 1. The highest BCUT2D eigenvalue weighted by molar-refractivity contribution is 5.69. The monoisotopic (exact) mass is 219 g/mol. The maximum atomic E-state index is 11.1. The van der Waals surface area contributed by atoms with Crippen molar-refractivity contribution in [2.45, 2.75) is 12.8 Å². The number of rotatable bonds is 6. The predicted molar refractivity (Wildman–Crippen MR) is 52.3 cm³/mol. The zero-order valence-electron chi connectivity index (χ0n) is 9.06. The Morgan fingerprint density at radius 1 is 1.40 bits per heavy atom. The van der Waals surface area contributed by atoms with Gasteiger partial charge in [-0.15, -0.1) is 0 Å². The highest BCUT2D eigenvalue weighted by Gasteiger charge is 2.09. The van der Waals surface area contributed by atoms with Gasteiger partial charge in [-0.05, 0) is 6.42 Å². The molecule has 15 heavy (non-hydrogen) atoms. The SMILES string of the molecule is COC(=O)CCCN(C)C(=O)OCCO. The summed E-state index contributed by atoms with van der Waals surface area (Å²) in [5, 5.41) is 8.42. The molecule has 0 spiro atoms. The lowest BCUT2D eigenvalue weighted by Gasteiger charge is -2.15. The third-order valence-electron chi connectivity index (χ3n) is 1.73. The van der Waals surface area contributed by atoms with Gasteiger partial charge in [0.15, 0.2) is 0 Å². The molecule has 88 valence electrons. The van der Waals surface area contributed by atoms with Gasteiger partial charge in [0.1, 0.15) is 6.61 Å². The lowest BCUT2D eigenvalue weighted by molar-refractivity contribution is -0.140. The van der Waals surface area contributed by atoms with Crippen molar-refractivity contribution >= 4 is 12.1 Å². The molecule has 0 aliphatic carbocycles. The molecule has 6 nitrogen and oxygen atoms in total. The Morgan fingerprint density at radius 2 is 2.07 bits per heavy atom. The predicted octanol–water partition coefficient (Wildman–Crippen LogP) is 0.000300. The lowest BCUT2D eigenvalue weighted by Crippen LogP contribution is -2.29. The first-order valence-corrected chi connectivity index (χ1v) is 4.67. The minimum Gasteiger partial charge on any atom is -0.469 e. The van der Waals surface area contributed by atoms with Crippen LogP contribution in [0.1, 0.15) is 12.8 Å². The number of aliphatic hydroxyl groups excluding tert-OH is 1. The van der Waals surface area contributed by atoms with E-state index in [1.165, 1.54) is 12.0 Å². The van der Waals surface area contributed by atoms with Gasteiger partial charge in [-0.3, -0.25) is 4.79 Å². The quantitative estimate of drug-likeness (QED) is 0.636. The topological polar surface area (TPSA) is 76.1 Å². The first-order chi connectivity index (χ1) is 7.11. The largest absolute Gasteiger partial charge is 0.469 e. The van der Waals surface area contributed by atoms with Gasteiger partial charge in [-0.1, -0.05) is 0 Å². The van der Waals surface area contributed by atoms with Crippen LogP contribution in [-0.4, -0.2) is 56.0 Å². The number of hydrogen-bond acceptors (Lipinski definition) is 5. The van der Waals surface area contributed by atoms with E-state index in [4.69, 9.17) is 5.11 Å². The molecule has 0 heterocycles. The van der Waals surface area contributed by atoms with E-state index >= 15 is 0 Å². The molecule has 0 aliphatic heterocycles. The molecule has 0 saturated carbocycles. The molecule has 0 aromatic carbocycles. The summed E-state index contributed by atoms with van der Waals surface area (Å²) in [7, 11) is 2.89. The van der Waals surface area contributed by atoms with Gasteiger partial charge in [-0.25, -0.2) is 4.79 Å². The number of amides is 1. The van der Waals surface area contributed by atoms with Crippen molar-refractivity contribution in [3.8, 4) is 0 Å². The van der Waals surface area contributed by atoms with E-state index in [0.29, 0.717) is 13.0 Å². The van der Waals surface area contributed by atoms with Crippen LogP contribution >= 0.6 is 0 Å². The van der Waals surface area contributed by atoms with Crippen LogP contribution in [-0.2, 0) is 14.3 Å². The van der Waals surface area contributed by atoms with Crippen molar-refractivity contribution < 1.29 is 24.2 Å². The maximum Gasteiger partial charge on any atom is 0.409 e. The smallest absolute Gasteiger partial charge is 0.409 e. The highest BCUT2D eigenvalue weighted by Crippen LogP contribution is 1.97. The summed E-state index contributed by atoms with van der Waals surface area (Å²) < 4.78 is 9.11. The van der Waals surface area contributed by atoms with Gasteiger partial charge in [0.2, 0.25) is 0 Å². The number of hydrogen-bond donors (Lipinski definition) is 1. The zero-order valence-corrected chi connectivity index (χ0v) is 9.06. The second-order valence-corrected chi connectivity index (χ2v) is 2.94. The van der Waals surface area contributed by atoms with Gasteiger partial charge in [0.05, 0.1) is 13.7 Å². The van der Waals surface area contributed by atoms with E-state index in [0.717, 1.165) is 0 Å². The fourth-order valence-electron chi connectivity index (χ4n) is 0.897. The molecule has 1 amide bonds. The summed E-state index contributed by atoms with van der Waals surface area (Å²) in [4.78, 5) is 23.2. The van der Waals surface area contributed by atoms with E-state index < -0.39 is 6.09 Å². The van der Waals surface area contributed by atoms with E-state index in [1.807, 2.05) is 0 Å². The minimum absolute atomic E-state index is 0.0137. The normalized spacial score (nSPS) is 9.53. The molecule has 0 atom stereocenters. The molecule has 0 rings (SSSR count). The summed E-state index contributed by atoms with van der Waals surface area (Å²) >= 11 is 0. The van der Waals surface area contributed by atoms with E-state index in [2.05, 4.69) is 9.47 Å². The molecule has 0 aliphatic rings. The van der Waals surface area contributed by atoms with Gasteiger partial charge >= 0.3 is 12.1 Å². The number of aliphatic hydroxyl groups is 1. The standard InChI is InChI=1S/C9H17NO5/c1-10(9(13)15-7-6-11)5-3-4-8(12)14-2/h11H,3-7H2,1-2H3. The van der Waals surface area contributed by atoms with Crippen LogP contribution in [0.15, 0.2) is 0 Å². The lowest BCUT2D eigenvalue weighted by atomic mass is 10.3. The van der Waals surface area contributed by atoms with Gasteiger partial charge < -0.3 is 19.5 Å². The second kappa shape index (κ2) is 8.05. The van der Waals surface area contributed by atoms with Crippen molar-refractivity contribution in [2.75, 3.05) is 33.9 Å². The Hall–Kier alpha value is -1.30. The summed E-state index contributed by atoms with van der Waals surface area (Å²) in [5.41, 5.74) is 0. The van der Waals surface area contributed by atoms with Crippen LogP contribution < -0.4 is 0 Å². The number of carbonyl (C=O) groups excluding carboxylic acids is 2. The van der Waals surface area contributed by atoms with Gasteiger partial charge in [-0.2, -0.15) is 0 Å². The second-order valence-electron chi connectivity index (χ2n) is 2.94. The first kappa shape index (κ1) is 13.7. The van der Waals surface area contributed by atoms with Crippen molar-refractivity contribution in [3.05, 3.63) is 0 Å². The van der Waals surface area contributed by atoms with Crippen molar-refractivity contribution in [1.29, 1.82) is 0 Å². The molecule has 1 N–H and O–H groups in total. The summed E-state index contributed by atoms with van der Waals surface area (Å²) in [5.74, 6) is -0.299. The molecule has 0 saturated heterocycles. The Balaban J connectivity index is 3.59. The third kappa shape index (κ3) is 6.73. The van der Waals surface area contributed by atoms with Crippen molar-refractivity contribution in [3.63, 3.8) is 0 Å². The Bertz CT molecular complexity index is 207. The van der Waals surface area contributed by atoms with E-state index in [-0.39, 0.29) is 25.6 Å². The molecule has 0 bridgehead atoms. The number of ether oxygens (including phenoxy) is 2. The Morgan fingerprint density at radius 3 is 2.60 bits per heavy atom. The molecule has 0 aromatic rings. The molecule has 0 aromatic heterocycles. The van der Waals surface area contributed by atoms with Crippen LogP contribution in [0, 0.1) is 0 Å². The average molecular weight is 219 g/mol. The number of methoxy groups -OCH3 is 1. The van der Waals surface area contributed by atoms with E-state index in [1.54, 1.807) is 7.05 Å². The first-order valence-electron chi connectivity index (χ1n) is 4.67. The summed E-state index contributed by atoms with van der Waals surface area (Å²) in [6, 6.07) is 0. The fraction of sp³-hybridized carbons (Fsp3) is 0.778. The Kier molecular flexibility index (Phi) is 7.35. The molecule has 0 fully saturated rings. The highest BCUT2D eigenvalue weighted by atomic mass is 16.6. The maximum absolute atomic E-state index is 11.1. The van der Waals surface area contributed by atoms with Crippen LogP contribution in [0.25, 0.3) is 0 Å². The Labute approximate surface area is 88.8 Å². The average Bonchev–Trinajstić information content (AvgIpc) is 2.25. The van der Waals surface area contributed by atoms with Gasteiger partial charge in [0, 0.05) is 20.0 Å². The minimum atomic E-state index is -0.506. The zero-order chi connectivity index (χ0) is 11.7. The molecule has 6 heteroatoms. The number of esters is 1. The van der Waals surface area contributed by atoms with E-state index in [9.17, 15) is 9.59 Å². The number of carbonyl (C=O) groups is 2. The fourth-order valence-corrected chi connectivity index (χ4v) is 0.897. The molecular formula is C9H17NO5. The van der Waals surface area contributed by atoms with Crippen LogP contribution in [0.3, 0.4) is 0 Å². The van der Waals surface area contributed by atoms with Crippen molar-refractivity contribution in [1.82, 2.24) is 4.90 Å².